The number of likely N-dealkylation sites (tertiary alicyclic amines) is 1. The van der Waals surface area contributed by atoms with Crippen molar-refractivity contribution in [3.8, 4) is 0 Å². The molecule has 1 amide bonds. The third kappa shape index (κ3) is 6.63. The quantitative estimate of drug-likeness (QED) is 0.260. The smallest absolute Gasteiger partial charge is 0.225 e. The summed E-state index contributed by atoms with van der Waals surface area (Å²) in [4.78, 5) is 19.3. The maximum Gasteiger partial charge on any atom is 0.225 e. The van der Waals surface area contributed by atoms with E-state index in [1.165, 1.54) is 18.4 Å². The lowest BCUT2D eigenvalue weighted by molar-refractivity contribution is -0.134. The number of amides is 1. The Morgan fingerprint density at radius 2 is 2.11 bits per heavy atom. The monoisotopic (exact) mass is 502 g/mol. The summed E-state index contributed by atoms with van der Waals surface area (Å²) in [6.07, 6.45) is 10.5. The van der Waals surface area contributed by atoms with Crippen molar-refractivity contribution in [2.45, 2.75) is 65.0 Å². The molecule has 1 aliphatic heterocycles. The molecule has 1 aliphatic carbocycles. The lowest BCUT2D eigenvalue weighted by atomic mass is 10.1. The largest absolute Gasteiger partial charge is 0.357 e. The van der Waals surface area contributed by atoms with Crippen LogP contribution in [0.25, 0.3) is 0 Å². The first-order chi connectivity index (χ1) is 13.2. The molecule has 3 rings (SSSR count). The second-order valence-corrected chi connectivity index (χ2v) is 7.79. The Hall–Kier alpha value is -1.32. The molecule has 1 saturated carbocycles. The van der Waals surface area contributed by atoms with Crippen LogP contribution in [-0.2, 0) is 11.3 Å². The standard InChI is InChI=1S/C20H34N6O.HI/c1-3-21-20(22-10-6-11-26-14-16(2)13-23-26)24-18-9-12-25(15-18)19(27)17-7-4-5-8-17;/h13-14,17-18H,3-12,15H2,1-2H3,(H2,21,22,24);1H. The van der Waals surface area contributed by atoms with Gasteiger partial charge in [0.1, 0.15) is 0 Å². The zero-order valence-electron chi connectivity index (χ0n) is 17.2. The summed E-state index contributed by atoms with van der Waals surface area (Å²) in [5, 5.41) is 11.2. The summed E-state index contributed by atoms with van der Waals surface area (Å²) in [6, 6.07) is 0.293. The SMILES string of the molecule is CCNC(=NCCCn1cc(C)cn1)NC1CCN(C(=O)C2CCCC2)C1.I. The van der Waals surface area contributed by atoms with E-state index in [1.807, 2.05) is 10.9 Å². The van der Waals surface area contributed by atoms with E-state index in [9.17, 15) is 4.79 Å². The molecule has 158 valence electrons. The molecule has 2 fully saturated rings. The van der Waals surface area contributed by atoms with Crippen molar-refractivity contribution >= 4 is 35.8 Å². The van der Waals surface area contributed by atoms with E-state index in [4.69, 9.17) is 4.99 Å². The second-order valence-electron chi connectivity index (χ2n) is 7.79. The number of nitrogens with one attached hydrogen (secondary N) is 2. The number of rotatable bonds is 7. The van der Waals surface area contributed by atoms with Crippen LogP contribution in [0.1, 0.15) is 51.0 Å². The van der Waals surface area contributed by atoms with Crippen LogP contribution >= 0.6 is 24.0 Å². The van der Waals surface area contributed by atoms with E-state index in [0.717, 1.165) is 64.4 Å². The van der Waals surface area contributed by atoms with Gasteiger partial charge in [-0.1, -0.05) is 12.8 Å². The Morgan fingerprint density at radius 3 is 2.79 bits per heavy atom. The molecule has 1 aromatic rings. The number of hydrogen-bond acceptors (Lipinski definition) is 3. The van der Waals surface area contributed by atoms with Gasteiger partial charge in [-0.3, -0.25) is 14.5 Å². The van der Waals surface area contributed by atoms with E-state index in [-0.39, 0.29) is 29.9 Å². The van der Waals surface area contributed by atoms with Gasteiger partial charge < -0.3 is 15.5 Å². The van der Waals surface area contributed by atoms with Crippen LogP contribution in [0.4, 0.5) is 0 Å². The first-order valence-corrected chi connectivity index (χ1v) is 10.5. The van der Waals surface area contributed by atoms with E-state index in [0.29, 0.717) is 11.9 Å². The minimum Gasteiger partial charge on any atom is -0.357 e. The number of nitrogens with zero attached hydrogens (tertiary/aromatic N) is 4. The molecule has 1 atom stereocenters. The predicted octanol–water partition coefficient (Wildman–Crippen LogP) is 2.55. The summed E-state index contributed by atoms with van der Waals surface area (Å²) in [5.41, 5.74) is 1.19. The minimum atomic E-state index is 0. The average molecular weight is 502 g/mol. The van der Waals surface area contributed by atoms with Crippen molar-refractivity contribution in [1.82, 2.24) is 25.3 Å². The molecule has 1 aromatic heterocycles. The van der Waals surface area contributed by atoms with Crippen LogP contribution < -0.4 is 10.6 Å². The van der Waals surface area contributed by atoms with Crippen LogP contribution in [-0.4, -0.2) is 58.8 Å². The average Bonchev–Trinajstić information content (AvgIpc) is 3.40. The Bertz CT molecular complexity index is 640. The van der Waals surface area contributed by atoms with Crippen molar-refractivity contribution in [1.29, 1.82) is 0 Å². The summed E-state index contributed by atoms with van der Waals surface area (Å²) >= 11 is 0. The number of carbonyl (C=O) groups is 1. The van der Waals surface area contributed by atoms with Crippen molar-refractivity contribution in [3.05, 3.63) is 18.0 Å². The lowest BCUT2D eigenvalue weighted by Crippen LogP contribution is -2.45. The van der Waals surface area contributed by atoms with Crippen molar-refractivity contribution in [2.24, 2.45) is 10.9 Å². The molecule has 1 unspecified atom stereocenters. The van der Waals surface area contributed by atoms with Gasteiger partial charge in [-0.25, -0.2) is 0 Å². The molecule has 8 heteroatoms. The number of aromatic nitrogens is 2. The molecule has 2 aliphatic rings. The summed E-state index contributed by atoms with van der Waals surface area (Å²) in [7, 11) is 0. The maximum absolute atomic E-state index is 12.6. The third-order valence-electron chi connectivity index (χ3n) is 5.47. The fourth-order valence-electron chi connectivity index (χ4n) is 4.04. The van der Waals surface area contributed by atoms with Crippen LogP contribution in [0.5, 0.6) is 0 Å². The van der Waals surface area contributed by atoms with Gasteiger partial charge in [-0.15, -0.1) is 24.0 Å². The Labute approximate surface area is 185 Å². The molecule has 0 bridgehead atoms. The predicted molar refractivity (Wildman–Crippen MR) is 123 cm³/mol. The summed E-state index contributed by atoms with van der Waals surface area (Å²) < 4.78 is 1.97. The first-order valence-electron chi connectivity index (χ1n) is 10.5. The van der Waals surface area contributed by atoms with Crippen LogP contribution in [0.15, 0.2) is 17.4 Å². The molecular weight excluding hydrogens is 467 g/mol. The van der Waals surface area contributed by atoms with E-state index in [1.54, 1.807) is 0 Å². The van der Waals surface area contributed by atoms with Crippen molar-refractivity contribution in [3.63, 3.8) is 0 Å². The lowest BCUT2D eigenvalue weighted by Gasteiger charge is -2.21. The highest BCUT2D eigenvalue weighted by molar-refractivity contribution is 14.0. The molecule has 0 aromatic carbocycles. The number of halogens is 1. The minimum absolute atomic E-state index is 0. The van der Waals surface area contributed by atoms with Gasteiger partial charge in [-0.05, 0) is 45.1 Å². The molecule has 28 heavy (non-hydrogen) atoms. The van der Waals surface area contributed by atoms with Crippen LogP contribution in [0.3, 0.4) is 0 Å². The van der Waals surface area contributed by atoms with E-state index < -0.39 is 0 Å². The number of aryl methyl sites for hydroxylation is 2. The highest BCUT2D eigenvalue weighted by Crippen LogP contribution is 2.27. The fraction of sp³-hybridized carbons (Fsp3) is 0.750. The number of guanidine groups is 1. The topological polar surface area (TPSA) is 74.6 Å². The molecular formula is C20H35IN6O. The maximum atomic E-state index is 12.6. The third-order valence-corrected chi connectivity index (χ3v) is 5.47. The van der Waals surface area contributed by atoms with Crippen molar-refractivity contribution in [2.75, 3.05) is 26.2 Å². The van der Waals surface area contributed by atoms with Gasteiger partial charge in [0.2, 0.25) is 5.91 Å². The number of carbonyl (C=O) groups excluding carboxylic acids is 1. The van der Waals surface area contributed by atoms with Crippen LogP contribution in [0.2, 0.25) is 0 Å². The Balaban J connectivity index is 0.00000280. The molecule has 0 spiro atoms. The Kier molecular flexibility index (Phi) is 9.53. The van der Waals surface area contributed by atoms with Crippen molar-refractivity contribution < 1.29 is 4.79 Å². The van der Waals surface area contributed by atoms with Gasteiger partial charge >= 0.3 is 0 Å². The molecule has 2 N–H and O–H groups in total. The highest BCUT2D eigenvalue weighted by atomic mass is 127. The number of aliphatic imine (C=N–C) groups is 1. The second kappa shape index (κ2) is 11.6. The zero-order chi connectivity index (χ0) is 19.1. The Morgan fingerprint density at radius 1 is 1.32 bits per heavy atom. The van der Waals surface area contributed by atoms with Gasteiger partial charge in [0.05, 0.1) is 6.20 Å². The van der Waals surface area contributed by atoms with E-state index in [2.05, 4.69) is 40.7 Å². The van der Waals surface area contributed by atoms with Gasteiger partial charge in [0, 0.05) is 50.9 Å². The van der Waals surface area contributed by atoms with Gasteiger partial charge in [0.25, 0.3) is 0 Å². The van der Waals surface area contributed by atoms with Gasteiger partial charge in [0.15, 0.2) is 5.96 Å². The highest BCUT2D eigenvalue weighted by Gasteiger charge is 2.32. The normalized spacial score (nSPS) is 20.3. The molecule has 1 saturated heterocycles. The number of hydrogen-bond donors (Lipinski definition) is 2. The van der Waals surface area contributed by atoms with E-state index >= 15 is 0 Å². The first kappa shape index (κ1) is 23.0. The summed E-state index contributed by atoms with van der Waals surface area (Å²) in [5.74, 6) is 1.50. The van der Waals surface area contributed by atoms with Crippen LogP contribution in [0, 0.1) is 12.8 Å². The molecule has 7 nitrogen and oxygen atoms in total. The van der Waals surface area contributed by atoms with Gasteiger partial charge in [-0.2, -0.15) is 5.10 Å². The summed E-state index contributed by atoms with van der Waals surface area (Å²) in [6.45, 7) is 8.26. The zero-order valence-corrected chi connectivity index (χ0v) is 19.5. The molecule has 0 radical (unpaired) electrons. The molecule has 2 heterocycles. The fourth-order valence-corrected chi connectivity index (χ4v) is 4.04.